The standard InChI is InChI=1S/C12H21BN3O2/c1-12(2,3)18-11(17)14-6-5-7-16-9-10(13-4)8-15-16/h8-9H,5-7H2,1-4H3,(H,14,17). The van der Waals surface area contributed by atoms with Crippen LogP contribution in [0.4, 0.5) is 4.79 Å². The zero-order valence-corrected chi connectivity index (χ0v) is 11.6. The second kappa shape index (κ2) is 6.47. The summed E-state index contributed by atoms with van der Waals surface area (Å²) in [4.78, 5) is 11.4. The van der Waals surface area contributed by atoms with Gasteiger partial charge in [-0.2, -0.15) is 5.10 Å². The van der Waals surface area contributed by atoms with Gasteiger partial charge in [-0.3, -0.25) is 4.68 Å². The van der Waals surface area contributed by atoms with Gasteiger partial charge in [0.25, 0.3) is 0 Å². The van der Waals surface area contributed by atoms with Crippen LogP contribution in [0, 0.1) is 0 Å². The molecule has 0 unspecified atom stereocenters. The molecule has 1 amide bonds. The van der Waals surface area contributed by atoms with Crippen LogP contribution >= 0.6 is 0 Å². The van der Waals surface area contributed by atoms with Gasteiger partial charge in [-0.25, -0.2) is 4.79 Å². The first-order valence-corrected chi connectivity index (χ1v) is 6.19. The first kappa shape index (κ1) is 14.6. The Hall–Kier alpha value is -1.46. The molecule has 99 valence electrons. The van der Waals surface area contributed by atoms with E-state index >= 15 is 0 Å². The maximum absolute atomic E-state index is 11.4. The number of carbonyl (C=O) groups is 1. The van der Waals surface area contributed by atoms with E-state index in [9.17, 15) is 4.79 Å². The molecule has 1 rings (SSSR count). The molecule has 0 bridgehead atoms. The highest BCUT2D eigenvalue weighted by Crippen LogP contribution is 2.06. The molecule has 6 heteroatoms. The lowest BCUT2D eigenvalue weighted by molar-refractivity contribution is 0.0526. The SMILES string of the molecule is C[B]c1cnn(CCCNC(=O)OC(C)(C)C)c1. The van der Waals surface area contributed by atoms with Crippen LogP contribution in [0.1, 0.15) is 27.2 Å². The van der Waals surface area contributed by atoms with Crippen molar-refractivity contribution in [2.24, 2.45) is 0 Å². The van der Waals surface area contributed by atoms with E-state index in [1.165, 1.54) is 0 Å². The molecule has 0 saturated carbocycles. The van der Waals surface area contributed by atoms with Gasteiger partial charge in [-0.05, 0) is 27.2 Å². The molecule has 0 atom stereocenters. The van der Waals surface area contributed by atoms with Gasteiger partial charge in [0.1, 0.15) is 5.60 Å². The number of ether oxygens (including phenoxy) is 1. The molecule has 5 nitrogen and oxygen atoms in total. The van der Waals surface area contributed by atoms with Gasteiger partial charge >= 0.3 is 6.09 Å². The molecular weight excluding hydrogens is 229 g/mol. The minimum Gasteiger partial charge on any atom is -0.444 e. The Bertz CT molecular complexity index is 385. The van der Waals surface area contributed by atoms with Crippen LogP contribution in [0.5, 0.6) is 0 Å². The third kappa shape index (κ3) is 5.75. The van der Waals surface area contributed by atoms with Crippen molar-refractivity contribution < 1.29 is 9.53 Å². The Morgan fingerprint density at radius 1 is 1.56 bits per heavy atom. The summed E-state index contributed by atoms with van der Waals surface area (Å²) < 4.78 is 7.00. The molecule has 18 heavy (non-hydrogen) atoms. The lowest BCUT2D eigenvalue weighted by Gasteiger charge is -2.19. The molecule has 0 aliphatic rings. The van der Waals surface area contributed by atoms with Crippen LogP contribution in [0.2, 0.25) is 6.82 Å². The summed E-state index contributed by atoms with van der Waals surface area (Å²) in [7, 11) is 2.00. The number of amides is 1. The Morgan fingerprint density at radius 2 is 2.28 bits per heavy atom. The van der Waals surface area contributed by atoms with Crippen molar-refractivity contribution in [2.75, 3.05) is 6.54 Å². The Balaban J connectivity index is 2.17. The fourth-order valence-electron chi connectivity index (χ4n) is 1.40. The average Bonchev–Trinajstić information content (AvgIpc) is 2.70. The van der Waals surface area contributed by atoms with Gasteiger partial charge in [0.15, 0.2) is 7.28 Å². The van der Waals surface area contributed by atoms with E-state index in [1.54, 1.807) is 0 Å². The Morgan fingerprint density at radius 3 is 2.83 bits per heavy atom. The van der Waals surface area contributed by atoms with Gasteiger partial charge in [-0.1, -0.05) is 12.3 Å². The normalized spacial score (nSPS) is 11.1. The molecule has 0 saturated heterocycles. The van der Waals surface area contributed by atoms with Crippen molar-refractivity contribution in [2.45, 2.75) is 46.2 Å². The van der Waals surface area contributed by atoms with Crippen molar-refractivity contribution in [3.8, 4) is 0 Å². The summed E-state index contributed by atoms with van der Waals surface area (Å²) in [6, 6.07) is 0. The fraction of sp³-hybridized carbons (Fsp3) is 0.667. The van der Waals surface area contributed by atoms with E-state index in [2.05, 4.69) is 10.4 Å². The van der Waals surface area contributed by atoms with Gasteiger partial charge in [0.2, 0.25) is 0 Å². The minimum absolute atomic E-state index is 0.370. The molecule has 1 N–H and O–H groups in total. The van der Waals surface area contributed by atoms with Crippen molar-refractivity contribution in [3.05, 3.63) is 12.4 Å². The summed E-state index contributed by atoms with van der Waals surface area (Å²) >= 11 is 0. The predicted molar refractivity (Wildman–Crippen MR) is 72.3 cm³/mol. The zero-order chi connectivity index (χ0) is 13.6. The first-order chi connectivity index (χ1) is 8.40. The molecule has 0 aromatic carbocycles. The van der Waals surface area contributed by atoms with E-state index in [0.717, 1.165) is 18.4 Å². The van der Waals surface area contributed by atoms with Crippen molar-refractivity contribution in [1.82, 2.24) is 15.1 Å². The smallest absolute Gasteiger partial charge is 0.407 e. The number of carbonyl (C=O) groups excluding carboxylic acids is 1. The second-order valence-corrected chi connectivity index (χ2v) is 5.11. The number of aromatic nitrogens is 2. The summed E-state index contributed by atoms with van der Waals surface area (Å²) in [6.45, 7) is 8.88. The number of nitrogens with zero attached hydrogens (tertiary/aromatic N) is 2. The van der Waals surface area contributed by atoms with Crippen LogP contribution in [-0.4, -0.2) is 35.3 Å². The predicted octanol–water partition coefficient (Wildman–Crippen LogP) is 1.18. The number of alkyl carbamates (subject to hydrolysis) is 1. The summed E-state index contributed by atoms with van der Waals surface area (Å²) in [5.74, 6) is 0. The molecule has 0 aliphatic carbocycles. The van der Waals surface area contributed by atoms with E-state index in [0.29, 0.717) is 6.54 Å². The highest BCUT2D eigenvalue weighted by molar-refractivity contribution is 6.51. The first-order valence-electron chi connectivity index (χ1n) is 6.19. The molecule has 1 radical (unpaired) electrons. The summed E-state index contributed by atoms with van der Waals surface area (Å²) in [5, 5.41) is 6.92. The molecule has 0 aliphatic heterocycles. The van der Waals surface area contributed by atoms with Crippen LogP contribution < -0.4 is 10.8 Å². The van der Waals surface area contributed by atoms with Crippen LogP contribution in [0.3, 0.4) is 0 Å². The molecule has 0 spiro atoms. The Kier molecular flexibility index (Phi) is 5.25. The van der Waals surface area contributed by atoms with Gasteiger partial charge in [-0.15, -0.1) is 0 Å². The quantitative estimate of drug-likeness (QED) is 0.630. The zero-order valence-electron chi connectivity index (χ0n) is 11.6. The summed E-state index contributed by atoms with van der Waals surface area (Å²) in [6.07, 6.45) is 4.25. The fourth-order valence-corrected chi connectivity index (χ4v) is 1.40. The van der Waals surface area contributed by atoms with E-state index in [1.807, 2.05) is 51.9 Å². The number of aryl methyl sites for hydroxylation is 1. The number of hydrogen-bond donors (Lipinski definition) is 1. The highest BCUT2D eigenvalue weighted by atomic mass is 16.6. The molecule has 1 aromatic heterocycles. The average molecular weight is 250 g/mol. The van der Waals surface area contributed by atoms with Crippen molar-refractivity contribution >= 4 is 18.8 Å². The van der Waals surface area contributed by atoms with Crippen LogP contribution in [-0.2, 0) is 11.3 Å². The van der Waals surface area contributed by atoms with Gasteiger partial charge < -0.3 is 10.1 Å². The second-order valence-electron chi connectivity index (χ2n) is 5.11. The summed E-state index contributed by atoms with van der Waals surface area (Å²) in [5.41, 5.74) is 0.660. The lowest BCUT2D eigenvalue weighted by atomic mass is 9.75. The number of rotatable bonds is 5. The number of hydrogen-bond acceptors (Lipinski definition) is 3. The van der Waals surface area contributed by atoms with Gasteiger partial charge in [0.05, 0.1) is 0 Å². The Labute approximate surface area is 109 Å². The van der Waals surface area contributed by atoms with Crippen molar-refractivity contribution in [1.29, 1.82) is 0 Å². The van der Waals surface area contributed by atoms with E-state index in [-0.39, 0.29) is 6.09 Å². The topological polar surface area (TPSA) is 56.2 Å². The molecule has 1 aromatic rings. The highest BCUT2D eigenvalue weighted by Gasteiger charge is 2.15. The number of nitrogens with one attached hydrogen (secondary N) is 1. The lowest BCUT2D eigenvalue weighted by Crippen LogP contribution is -2.33. The minimum atomic E-state index is -0.446. The van der Waals surface area contributed by atoms with E-state index in [4.69, 9.17) is 4.74 Å². The largest absolute Gasteiger partial charge is 0.444 e. The maximum Gasteiger partial charge on any atom is 0.407 e. The maximum atomic E-state index is 11.4. The molecular formula is C12H21BN3O2. The van der Waals surface area contributed by atoms with E-state index < -0.39 is 5.60 Å². The van der Waals surface area contributed by atoms with Gasteiger partial charge in [0, 0.05) is 25.5 Å². The third-order valence-electron chi connectivity index (χ3n) is 2.22. The van der Waals surface area contributed by atoms with Crippen molar-refractivity contribution in [3.63, 3.8) is 0 Å². The molecule has 0 fully saturated rings. The van der Waals surface area contributed by atoms with Crippen LogP contribution in [0.25, 0.3) is 0 Å². The third-order valence-corrected chi connectivity index (χ3v) is 2.22. The monoisotopic (exact) mass is 250 g/mol. The van der Waals surface area contributed by atoms with Crippen LogP contribution in [0.15, 0.2) is 12.4 Å². The molecule has 1 heterocycles.